The molecule has 1 amide bonds. The Kier molecular flexibility index (Phi) is 5.37. The van der Waals surface area contributed by atoms with Gasteiger partial charge in [0.05, 0.1) is 6.54 Å². The van der Waals surface area contributed by atoms with E-state index in [2.05, 4.69) is 5.32 Å². The van der Waals surface area contributed by atoms with Gasteiger partial charge in [0.1, 0.15) is 5.76 Å². The van der Waals surface area contributed by atoms with Crippen LogP contribution in [0.2, 0.25) is 0 Å². The SMILES string of the molecule is CC(CCS(C)=O)NC(=O)c1ccc(CN)o1. The van der Waals surface area contributed by atoms with E-state index in [1.54, 1.807) is 18.4 Å². The van der Waals surface area contributed by atoms with Crippen molar-refractivity contribution >= 4 is 16.7 Å². The lowest BCUT2D eigenvalue weighted by Gasteiger charge is -2.11. The maximum Gasteiger partial charge on any atom is 0.287 e. The molecule has 0 radical (unpaired) electrons. The van der Waals surface area contributed by atoms with Crippen LogP contribution in [-0.2, 0) is 17.3 Å². The van der Waals surface area contributed by atoms with Gasteiger partial charge in [-0.15, -0.1) is 0 Å². The first-order valence-electron chi connectivity index (χ1n) is 5.42. The van der Waals surface area contributed by atoms with Crippen molar-refractivity contribution < 1.29 is 13.4 Å². The number of furan rings is 1. The molecule has 1 rings (SSSR count). The molecule has 3 N–H and O–H groups in total. The summed E-state index contributed by atoms with van der Waals surface area (Å²) in [4.78, 5) is 11.7. The van der Waals surface area contributed by atoms with Crippen LogP contribution < -0.4 is 11.1 Å². The predicted molar refractivity (Wildman–Crippen MR) is 67.1 cm³/mol. The summed E-state index contributed by atoms with van der Waals surface area (Å²) >= 11 is 0. The van der Waals surface area contributed by atoms with Crippen molar-refractivity contribution in [2.45, 2.75) is 25.9 Å². The van der Waals surface area contributed by atoms with Crippen LogP contribution in [-0.4, -0.2) is 28.2 Å². The molecule has 0 spiro atoms. The molecule has 96 valence electrons. The van der Waals surface area contributed by atoms with Crippen LogP contribution in [0.15, 0.2) is 16.5 Å². The standard InChI is InChI=1S/C11H18N2O3S/c1-8(5-6-17(2)15)13-11(14)10-4-3-9(7-12)16-10/h3-4,8H,5-7,12H2,1-2H3,(H,13,14). The second kappa shape index (κ2) is 6.56. The molecule has 0 fully saturated rings. The number of hydrogen-bond acceptors (Lipinski definition) is 4. The van der Waals surface area contributed by atoms with E-state index in [0.29, 0.717) is 17.9 Å². The van der Waals surface area contributed by atoms with E-state index in [0.717, 1.165) is 0 Å². The van der Waals surface area contributed by atoms with Crippen molar-refractivity contribution in [3.63, 3.8) is 0 Å². The Morgan fingerprint density at radius 3 is 2.82 bits per heavy atom. The number of carbonyl (C=O) groups excluding carboxylic acids is 1. The van der Waals surface area contributed by atoms with Crippen LogP contribution in [0.5, 0.6) is 0 Å². The Bertz CT molecular complexity index is 403. The molecule has 0 aromatic carbocycles. The topological polar surface area (TPSA) is 85.3 Å². The van der Waals surface area contributed by atoms with Crippen LogP contribution in [0.4, 0.5) is 0 Å². The first kappa shape index (κ1) is 13.9. The van der Waals surface area contributed by atoms with Gasteiger partial charge in [-0.25, -0.2) is 0 Å². The maximum absolute atomic E-state index is 11.7. The van der Waals surface area contributed by atoms with Crippen molar-refractivity contribution in [3.05, 3.63) is 23.7 Å². The fourth-order valence-electron chi connectivity index (χ4n) is 1.32. The van der Waals surface area contributed by atoms with E-state index in [4.69, 9.17) is 10.2 Å². The zero-order valence-corrected chi connectivity index (χ0v) is 10.9. The minimum atomic E-state index is -0.834. The van der Waals surface area contributed by atoms with Crippen molar-refractivity contribution in [1.29, 1.82) is 0 Å². The van der Waals surface area contributed by atoms with E-state index in [1.165, 1.54) is 0 Å². The molecule has 1 heterocycles. The summed E-state index contributed by atoms with van der Waals surface area (Å²) in [7, 11) is -0.834. The summed E-state index contributed by atoms with van der Waals surface area (Å²) in [6, 6.07) is 3.25. The Morgan fingerprint density at radius 1 is 1.59 bits per heavy atom. The average Bonchev–Trinajstić information content (AvgIpc) is 2.74. The molecule has 6 heteroatoms. The third-order valence-corrected chi connectivity index (χ3v) is 3.11. The summed E-state index contributed by atoms with van der Waals surface area (Å²) in [6.45, 7) is 2.15. The number of nitrogens with two attached hydrogens (primary N) is 1. The molecular formula is C11H18N2O3S. The highest BCUT2D eigenvalue weighted by atomic mass is 32.2. The second-order valence-corrected chi connectivity index (χ2v) is 5.47. The van der Waals surface area contributed by atoms with Gasteiger partial charge in [-0.2, -0.15) is 0 Å². The number of amides is 1. The third kappa shape index (κ3) is 4.70. The van der Waals surface area contributed by atoms with Crippen LogP contribution in [0, 0.1) is 0 Å². The van der Waals surface area contributed by atoms with Gasteiger partial charge < -0.3 is 15.5 Å². The van der Waals surface area contributed by atoms with Crippen molar-refractivity contribution in [1.82, 2.24) is 5.32 Å². The van der Waals surface area contributed by atoms with Gasteiger partial charge in [-0.3, -0.25) is 9.00 Å². The Hall–Kier alpha value is -1.14. The minimum absolute atomic E-state index is 0.0298. The smallest absolute Gasteiger partial charge is 0.287 e. The first-order chi connectivity index (χ1) is 8.02. The molecule has 2 atom stereocenters. The lowest BCUT2D eigenvalue weighted by molar-refractivity contribution is 0.0909. The molecule has 0 aliphatic carbocycles. The fourth-order valence-corrected chi connectivity index (χ4v) is 2.00. The maximum atomic E-state index is 11.7. The van der Waals surface area contributed by atoms with Gasteiger partial charge in [0.2, 0.25) is 0 Å². The van der Waals surface area contributed by atoms with Crippen molar-refractivity contribution in [2.24, 2.45) is 5.73 Å². The molecule has 1 aromatic rings. The van der Waals surface area contributed by atoms with Gasteiger partial charge in [-0.1, -0.05) is 0 Å². The van der Waals surface area contributed by atoms with Crippen LogP contribution in [0.1, 0.15) is 29.7 Å². The average molecular weight is 258 g/mol. The van der Waals surface area contributed by atoms with Crippen LogP contribution >= 0.6 is 0 Å². The van der Waals surface area contributed by atoms with Gasteiger partial charge in [0.25, 0.3) is 5.91 Å². The number of nitrogens with one attached hydrogen (secondary N) is 1. The monoisotopic (exact) mass is 258 g/mol. The number of carbonyl (C=O) groups is 1. The highest BCUT2D eigenvalue weighted by Gasteiger charge is 2.13. The molecule has 0 saturated carbocycles. The van der Waals surface area contributed by atoms with Crippen molar-refractivity contribution in [3.8, 4) is 0 Å². The van der Waals surface area contributed by atoms with Gasteiger partial charge in [0, 0.05) is 28.9 Å². The zero-order chi connectivity index (χ0) is 12.8. The lowest BCUT2D eigenvalue weighted by Crippen LogP contribution is -2.33. The van der Waals surface area contributed by atoms with Crippen LogP contribution in [0.3, 0.4) is 0 Å². The number of hydrogen-bond donors (Lipinski definition) is 2. The van der Waals surface area contributed by atoms with Crippen molar-refractivity contribution in [2.75, 3.05) is 12.0 Å². The van der Waals surface area contributed by atoms with E-state index in [9.17, 15) is 9.00 Å². The summed E-state index contributed by atoms with van der Waals surface area (Å²) in [5.74, 6) is 1.15. The van der Waals surface area contributed by atoms with Gasteiger partial charge in [-0.05, 0) is 25.5 Å². The normalized spacial score (nSPS) is 14.3. The zero-order valence-electron chi connectivity index (χ0n) is 10.1. The molecule has 0 saturated heterocycles. The quantitative estimate of drug-likeness (QED) is 0.783. The molecule has 5 nitrogen and oxygen atoms in total. The molecular weight excluding hydrogens is 240 g/mol. The summed E-state index contributed by atoms with van der Waals surface area (Å²) in [5, 5.41) is 2.78. The largest absolute Gasteiger partial charge is 0.455 e. The fraction of sp³-hybridized carbons (Fsp3) is 0.545. The molecule has 0 bridgehead atoms. The number of rotatable bonds is 6. The Labute approximate surface area is 103 Å². The van der Waals surface area contributed by atoms with E-state index in [-0.39, 0.29) is 24.3 Å². The molecule has 2 unspecified atom stereocenters. The van der Waals surface area contributed by atoms with E-state index < -0.39 is 10.8 Å². The van der Waals surface area contributed by atoms with Gasteiger partial charge >= 0.3 is 0 Å². The summed E-state index contributed by atoms with van der Waals surface area (Å²) in [5.41, 5.74) is 5.39. The van der Waals surface area contributed by atoms with Crippen LogP contribution in [0.25, 0.3) is 0 Å². The first-order valence-corrected chi connectivity index (χ1v) is 7.15. The molecule has 1 aromatic heterocycles. The molecule has 0 aliphatic heterocycles. The highest BCUT2D eigenvalue weighted by Crippen LogP contribution is 2.07. The highest BCUT2D eigenvalue weighted by molar-refractivity contribution is 7.84. The molecule has 17 heavy (non-hydrogen) atoms. The lowest BCUT2D eigenvalue weighted by atomic mass is 10.2. The summed E-state index contributed by atoms with van der Waals surface area (Å²) in [6.07, 6.45) is 2.33. The molecule has 0 aliphatic rings. The Morgan fingerprint density at radius 2 is 2.29 bits per heavy atom. The predicted octanol–water partition coefficient (Wildman–Crippen LogP) is 0.625. The van der Waals surface area contributed by atoms with E-state index >= 15 is 0 Å². The Balaban J connectivity index is 2.45. The van der Waals surface area contributed by atoms with E-state index in [1.807, 2.05) is 6.92 Å². The second-order valence-electron chi connectivity index (χ2n) is 3.91. The summed E-state index contributed by atoms with van der Waals surface area (Å²) < 4.78 is 16.1. The third-order valence-electron chi connectivity index (χ3n) is 2.30. The minimum Gasteiger partial charge on any atom is -0.455 e. The van der Waals surface area contributed by atoms with Gasteiger partial charge in [0.15, 0.2) is 5.76 Å².